The minimum atomic E-state index is -0.0127. The second-order valence-electron chi connectivity index (χ2n) is 5.07. The topological polar surface area (TPSA) is 96.7 Å². The average Bonchev–Trinajstić information content (AvgIpc) is 3.09. The summed E-state index contributed by atoms with van der Waals surface area (Å²) in [6.45, 7) is 2.67. The predicted molar refractivity (Wildman–Crippen MR) is 94.8 cm³/mol. The molecule has 0 saturated carbocycles. The number of nitrogens with one attached hydrogen (secondary N) is 2. The highest BCUT2D eigenvalue weighted by atomic mass is 32.2. The Hall–Kier alpha value is -2.06. The van der Waals surface area contributed by atoms with E-state index in [1.165, 1.54) is 34.0 Å². The average molecular weight is 347 g/mol. The number of para-hydroxylation sites is 1. The number of amides is 1. The zero-order chi connectivity index (χ0) is 16.2. The van der Waals surface area contributed by atoms with Gasteiger partial charge < -0.3 is 16.0 Å². The Morgan fingerprint density at radius 3 is 3.00 bits per heavy atom. The van der Waals surface area contributed by atoms with Crippen LogP contribution in [0.5, 0.6) is 0 Å². The second kappa shape index (κ2) is 7.01. The smallest absolute Gasteiger partial charge is 0.230 e. The molecule has 1 aromatic carbocycles. The summed E-state index contributed by atoms with van der Waals surface area (Å²) < 4.78 is 0.713. The minimum absolute atomic E-state index is 0.0127. The molecule has 8 heteroatoms. The number of fused-ring (bicyclic) bond motifs is 1. The molecule has 0 bridgehead atoms. The van der Waals surface area contributed by atoms with E-state index in [2.05, 4.69) is 39.6 Å². The summed E-state index contributed by atoms with van der Waals surface area (Å²) in [5, 5.41) is 12.2. The predicted octanol–water partition coefficient (Wildman–Crippen LogP) is 2.36. The lowest BCUT2D eigenvalue weighted by molar-refractivity contribution is -0.118. The monoisotopic (exact) mass is 347 g/mol. The highest BCUT2D eigenvalue weighted by molar-refractivity contribution is 8.01. The molecule has 4 N–H and O–H groups in total. The number of nitrogens with zero attached hydrogens (tertiary/aromatic N) is 2. The van der Waals surface area contributed by atoms with Gasteiger partial charge in [0.25, 0.3) is 0 Å². The van der Waals surface area contributed by atoms with Crippen LogP contribution in [0.2, 0.25) is 0 Å². The molecule has 0 radical (unpaired) electrons. The number of hydrogen-bond donors (Lipinski definition) is 3. The first-order valence-electron chi connectivity index (χ1n) is 7.18. The molecular weight excluding hydrogens is 330 g/mol. The van der Waals surface area contributed by atoms with Crippen molar-refractivity contribution in [1.29, 1.82) is 0 Å². The molecule has 0 aliphatic carbocycles. The number of nitrogens with two attached hydrogens (primary N) is 1. The SMILES string of the molecule is Cc1[nH]c2ccccc2c1CCNC(=O)CSc1nnc(N)s1. The van der Waals surface area contributed by atoms with E-state index in [1.54, 1.807) is 0 Å². The lowest BCUT2D eigenvalue weighted by Crippen LogP contribution is -2.27. The number of nitrogen functional groups attached to an aromatic ring is 1. The van der Waals surface area contributed by atoms with Crippen molar-refractivity contribution in [2.24, 2.45) is 0 Å². The fraction of sp³-hybridized carbons (Fsp3) is 0.267. The Bertz CT molecular complexity index is 826. The molecule has 2 heterocycles. The second-order valence-corrected chi connectivity index (χ2v) is 7.30. The Morgan fingerprint density at radius 1 is 1.39 bits per heavy atom. The van der Waals surface area contributed by atoms with Crippen LogP contribution in [0.1, 0.15) is 11.3 Å². The van der Waals surface area contributed by atoms with Crippen LogP contribution in [0.4, 0.5) is 5.13 Å². The zero-order valence-electron chi connectivity index (χ0n) is 12.6. The van der Waals surface area contributed by atoms with E-state index >= 15 is 0 Å². The van der Waals surface area contributed by atoms with Crippen molar-refractivity contribution in [2.75, 3.05) is 18.0 Å². The summed E-state index contributed by atoms with van der Waals surface area (Å²) in [4.78, 5) is 15.3. The van der Waals surface area contributed by atoms with Crippen LogP contribution in [-0.4, -0.2) is 33.4 Å². The molecule has 120 valence electrons. The normalized spacial score (nSPS) is 11.0. The number of carbonyl (C=O) groups excluding carboxylic acids is 1. The Morgan fingerprint density at radius 2 is 2.22 bits per heavy atom. The van der Waals surface area contributed by atoms with Crippen LogP contribution in [0.3, 0.4) is 0 Å². The summed E-state index contributed by atoms with van der Waals surface area (Å²) in [5.41, 5.74) is 9.05. The first-order valence-corrected chi connectivity index (χ1v) is 8.98. The van der Waals surface area contributed by atoms with Gasteiger partial charge in [0.15, 0.2) is 4.34 Å². The van der Waals surface area contributed by atoms with Crippen LogP contribution >= 0.6 is 23.1 Å². The number of aromatic nitrogens is 3. The summed E-state index contributed by atoms with van der Waals surface area (Å²) in [6.07, 6.45) is 0.804. The standard InChI is InChI=1S/C15H17N5OS2/c1-9-10(11-4-2-3-5-12(11)18-9)6-7-17-13(21)8-22-15-20-19-14(16)23-15/h2-5,18H,6-8H2,1H3,(H2,16,19)(H,17,21). The van der Waals surface area contributed by atoms with Crippen LogP contribution in [0.25, 0.3) is 10.9 Å². The number of hydrogen-bond acceptors (Lipinski definition) is 6. The van der Waals surface area contributed by atoms with E-state index in [-0.39, 0.29) is 5.91 Å². The number of rotatable bonds is 6. The molecule has 0 atom stereocenters. The van der Waals surface area contributed by atoms with Gasteiger partial charge in [0.05, 0.1) is 5.75 Å². The van der Waals surface area contributed by atoms with Crippen molar-refractivity contribution in [3.8, 4) is 0 Å². The van der Waals surface area contributed by atoms with Gasteiger partial charge in [-0.25, -0.2) is 0 Å². The largest absolute Gasteiger partial charge is 0.374 e. The summed E-state index contributed by atoms with van der Waals surface area (Å²) in [6, 6.07) is 8.21. The van der Waals surface area contributed by atoms with Gasteiger partial charge in [-0.05, 0) is 25.0 Å². The number of aromatic amines is 1. The molecule has 0 saturated heterocycles. The summed E-state index contributed by atoms with van der Waals surface area (Å²) in [7, 11) is 0. The zero-order valence-corrected chi connectivity index (χ0v) is 14.3. The first kappa shape index (κ1) is 15.8. The molecular formula is C15H17N5OS2. The van der Waals surface area contributed by atoms with Gasteiger partial charge >= 0.3 is 0 Å². The number of benzene rings is 1. The van der Waals surface area contributed by atoms with Crippen molar-refractivity contribution >= 4 is 45.0 Å². The van der Waals surface area contributed by atoms with Gasteiger partial charge in [-0.2, -0.15) is 0 Å². The maximum Gasteiger partial charge on any atom is 0.230 e. The lowest BCUT2D eigenvalue weighted by atomic mass is 10.1. The third kappa shape index (κ3) is 3.83. The maximum atomic E-state index is 11.9. The van der Waals surface area contributed by atoms with Crippen LogP contribution < -0.4 is 11.1 Å². The van der Waals surface area contributed by atoms with Gasteiger partial charge in [-0.1, -0.05) is 41.3 Å². The van der Waals surface area contributed by atoms with Crippen molar-refractivity contribution in [1.82, 2.24) is 20.5 Å². The lowest BCUT2D eigenvalue weighted by Gasteiger charge is -2.05. The molecule has 6 nitrogen and oxygen atoms in total. The molecule has 0 aliphatic heterocycles. The quantitative estimate of drug-likeness (QED) is 0.595. The summed E-state index contributed by atoms with van der Waals surface area (Å²) >= 11 is 2.64. The van der Waals surface area contributed by atoms with E-state index in [9.17, 15) is 4.79 Å². The van der Waals surface area contributed by atoms with Gasteiger partial charge in [0.2, 0.25) is 11.0 Å². The van der Waals surface area contributed by atoms with Gasteiger partial charge in [-0.15, -0.1) is 10.2 Å². The molecule has 23 heavy (non-hydrogen) atoms. The number of anilines is 1. The molecule has 0 aliphatic rings. The van der Waals surface area contributed by atoms with Crippen LogP contribution in [0.15, 0.2) is 28.6 Å². The van der Waals surface area contributed by atoms with E-state index in [4.69, 9.17) is 5.73 Å². The van der Waals surface area contributed by atoms with Crippen LogP contribution in [-0.2, 0) is 11.2 Å². The highest BCUT2D eigenvalue weighted by Gasteiger charge is 2.09. The molecule has 0 spiro atoms. The third-order valence-corrected chi connectivity index (χ3v) is 5.36. The fourth-order valence-electron chi connectivity index (χ4n) is 2.44. The Balaban J connectivity index is 1.50. The van der Waals surface area contributed by atoms with Gasteiger partial charge in [0, 0.05) is 23.1 Å². The number of H-pyrrole nitrogens is 1. The molecule has 3 rings (SSSR count). The Labute approximate surface area is 141 Å². The minimum Gasteiger partial charge on any atom is -0.374 e. The molecule has 1 amide bonds. The Kier molecular flexibility index (Phi) is 4.82. The van der Waals surface area contributed by atoms with Crippen molar-refractivity contribution in [2.45, 2.75) is 17.7 Å². The van der Waals surface area contributed by atoms with Gasteiger partial charge in [-0.3, -0.25) is 4.79 Å². The van der Waals surface area contributed by atoms with Crippen molar-refractivity contribution < 1.29 is 4.79 Å². The number of carbonyl (C=O) groups is 1. The fourth-order valence-corrected chi connectivity index (χ4v) is 3.91. The molecule has 2 aromatic heterocycles. The summed E-state index contributed by atoms with van der Waals surface area (Å²) in [5.74, 6) is 0.308. The first-order chi connectivity index (χ1) is 11.1. The van der Waals surface area contributed by atoms with E-state index in [0.29, 0.717) is 21.8 Å². The van der Waals surface area contributed by atoms with E-state index in [0.717, 1.165) is 17.6 Å². The number of thioether (sulfide) groups is 1. The van der Waals surface area contributed by atoms with E-state index < -0.39 is 0 Å². The highest BCUT2D eigenvalue weighted by Crippen LogP contribution is 2.23. The van der Waals surface area contributed by atoms with Gasteiger partial charge in [0.1, 0.15) is 0 Å². The maximum absolute atomic E-state index is 11.9. The van der Waals surface area contributed by atoms with E-state index in [1.807, 2.05) is 12.1 Å². The third-order valence-electron chi connectivity index (χ3n) is 3.47. The molecule has 3 aromatic rings. The molecule has 0 fully saturated rings. The number of aryl methyl sites for hydroxylation is 1. The van der Waals surface area contributed by atoms with Crippen molar-refractivity contribution in [3.63, 3.8) is 0 Å². The van der Waals surface area contributed by atoms with Crippen molar-refractivity contribution in [3.05, 3.63) is 35.5 Å². The molecule has 0 unspecified atom stereocenters. The van der Waals surface area contributed by atoms with Crippen LogP contribution in [0, 0.1) is 6.92 Å².